The summed E-state index contributed by atoms with van der Waals surface area (Å²) in [7, 11) is 1.62. The number of aryl methyl sites for hydroxylation is 1. The Morgan fingerprint density at radius 3 is 2.80 bits per heavy atom. The highest BCUT2D eigenvalue weighted by Gasteiger charge is 2.12. The lowest BCUT2D eigenvalue weighted by atomic mass is 10.1. The van der Waals surface area contributed by atoms with Gasteiger partial charge in [-0.15, -0.1) is 0 Å². The first-order valence-electron chi connectivity index (χ1n) is 4.72. The Morgan fingerprint density at radius 2 is 2.20 bits per heavy atom. The molecule has 0 fully saturated rings. The fraction of sp³-hybridized carbons (Fsp3) is 0.273. The summed E-state index contributed by atoms with van der Waals surface area (Å²) in [5.41, 5.74) is 8.55. The third-order valence-electron chi connectivity index (χ3n) is 2.48. The van der Waals surface area contributed by atoms with Gasteiger partial charge in [0.05, 0.1) is 12.1 Å². The van der Waals surface area contributed by atoms with Crippen LogP contribution in [0.5, 0.6) is 5.75 Å². The van der Waals surface area contributed by atoms with E-state index in [1.807, 2.05) is 19.1 Å². The van der Waals surface area contributed by atoms with Crippen LogP contribution in [0.3, 0.4) is 0 Å². The van der Waals surface area contributed by atoms with Crippen LogP contribution in [0.15, 0.2) is 12.1 Å². The molecule has 0 atom stereocenters. The molecule has 3 nitrogen and oxygen atoms in total. The van der Waals surface area contributed by atoms with E-state index in [-0.39, 0.29) is 0 Å². The first kappa shape index (κ1) is 10.3. The van der Waals surface area contributed by atoms with Crippen molar-refractivity contribution < 1.29 is 4.74 Å². The monoisotopic (exact) mass is 224 g/mol. The van der Waals surface area contributed by atoms with Gasteiger partial charge in [0.15, 0.2) is 0 Å². The molecular weight excluding hydrogens is 212 g/mol. The second kappa shape index (κ2) is 3.76. The molecule has 0 saturated heterocycles. The number of nitrogens with one attached hydrogen (secondary N) is 1. The molecule has 2 aromatic rings. The first-order chi connectivity index (χ1) is 7.17. The minimum Gasteiger partial charge on any atom is -0.494 e. The van der Waals surface area contributed by atoms with Gasteiger partial charge in [-0.05, 0) is 24.6 Å². The van der Waals surface area contributed by atoms with Gasteiger partial charge in [0.2, 0.25) is 0 Å². The Kier molecular flexibility index (Phi) is 2.59. The SMILES string of the molecule is COc1c(Cl)c(C)cc2[nH]c(CN)cc12. The fourth-order valence-electron chi connectivity index (χ4n) is 1.72. The van der Waals surface area contributed by atoms with Crippen LogP contribution in [-0.4, -0.2) is 12.1 Å². The maximum atomic E-state index is 6.15. The minimum absolute atomic E-state index is 0.481. The van der Waals surface area contributed by atoms with Gasteiger partial charge in [-0.3, -0.25) is 0 Å². The number of ether oxygens (including phenoxy) is 1. The van der Waals surface area contributed by atoms with Crippen molar-refractivity contribution in [3.05, 3.63) is 28.4 Å². The molecule has 0 aliphatic carbocycles. The quantitative estimate of drug-likeness (QED) is 0.824. The van der Waals surface area contributed by atoms with Crippen molar-refractivity contribution in [3.8, 4) is 5.75 Å². The van der Waals surface area contributed by atoms with Gasteiger partial charge in [0.1, 0.15) is 5.75 Å². The molecule has 1 aromatic carbocycles. The van der Waals surface area contributed by atoms with Crippen LogP contribution in [0.25, 0.3) is 10.9 Å². The number of hydrogen-bond acceptors (Lipinski definition) is 2. The van der Waals surface area contributed by atoms with Gasteiger partial charge in [0.25, 0.3) is 0 Å². The van der Waals surface area contributed by atoms with Gasteiger partial charge >= 0.3 is 0 Å². The number of rotatable bonds is 2. The summed E-state index contributed by atoms with van der Waals surface area (Å²) in [5.74, 6) is 0.711. The summed E-state index contributed by atoms with van der Waals surface area (Å²) in [6.07, 6.45) is 0. The molecule has 0 saturated carbocycles. The van der Waals surface area contributed by atoms with Crippen molar-refractivity contribution in [2.24, 2.45) is 5.73 Å². The molecular formula is C11H13ClN2O. The Balaban J connectivity index is 2.79. The Labute approximate surface area is 93.2 Å². The summed E-state index contributed by atoms with van der Waals surface area (Å²) >= 11 is 6.15. The molecule has 0 unspecified atom stereocenters. The number of benzene rings is 1. The van der Waals surface area contributed by atoms with Crippen LogP contribution in [-0.2, 0) is 6.54 Å². The molecule has 4 heteroatoms. The van der Waals surface area contributed by atoms with Gasteiger partial charge in [-0.2, -0.15) is 0 Å². The molecule has 2 rings (SSSR count). The Morgan fingerprint density at radius 1 is 1.47 bits per heavy atom. The lowest BCUT2D eigenvalue weighted by Gasteiger charge is -2.06. The van der Waals surface area contributed by atoms with E-state index in [9.17, 15) is 0 Å². The maximum absolute atomic E-state index is 6.15. The van der Waals surface area contributed by atoms with Crippen LogP contribution < -0.4 is 10.5 Å². The predicted molar refractivity (Wildman–Crippen MR) is 62.5 cm³/mol. The zero-order valence-electron chi connectivity index (χ0n) is 8.73. The van der Waals surface area contributed by atoms with Crippen LogP contribution in [0.1, 0.15) is 11.3 Å². The number of nitrogens with two attached hydrogens (primary N) is 1. The summed E-state index contributed by atoms with van der Waals surface area (Å²) in [6, 6.07) is 3.97. The zero-order chi connectivity index (χ0) is 11.0. The summed E-state index contributed by atoms with van der Waals surface area (Å²) in [5, 5.41) is 1.64. The molecule has 80 valence electrons. The van der Waals surface area contributed by atoms with Crippen LogP contribution >= 0.6 is 11.6 Å². The lowest BCUT2D eigenvalue weighted by molar-refractivity contribution is 0.420. The molecule has 1 aromatic heterocycles. The molecule has 0 spiro atoms. The molecule has 0 bridgehead atoms. The van der Waals surface area contributed by atoms with Crippen molar-refractivity contribution in [1.82, 2.24) is 4.98 Å². The number of aromatic amines is 1. The number of methoxy groups -OCH3 is 1. The van der Waals surface area contributed by atoms with E-state index in [1.54, 1.807) is 7.11 Å². The largest absolute Gasteiger partial charge is 0.494 e. The van der Waals surface area contributed by atoms with Gasteiger partial charge < -0.3 is 15.5 Å². The van der Waals surface area contributed by atoms with Crippen LogP contribution in [0.4, 0.5) is 0 Å². The van der Waals surface area contributed by atoms with Gasteiger partial charge in [-0.1, -0.05) is 11.6 Å². The second-order valence-electron chi connectivity index (χ2n) is 3.50. The molecule has 0 amide bonds. The third kappa shape index (κ3) is 1.58. The average Bonchev–Trinajstić information content (AvgIpc) is 2.62. The van der Waals surface area contributed by atoms with E-state index >= 15 is 0 Å². The second-order valence-corrected chi connectivity index (χ2v) is 3.88. The molecule has 1 heterocycles. The van der Waals surface area contributed by atoms with Crippen molar-refractivity contribution in [3.63, 3.8) is 0 Å². The zero-order valence-corrected chi connectivity index (χ0v) is 9.48. The van der Waals surface area contributed by atoms with E-state index in [2.05, 4.69) is 4.98 Å². The average molecular weight is 225 g/mol. The number of hydrogen-bond donors (Lipinski definition) is 2. The van der Waals surface area contributed by atoms with E-state index in [4.69, 9.17) is 22.1 Å². The highest BCUT2D eigenvalue weighted by molar-refractivity contribution is 6.34. The lowest BCUT2D eigenvalue weighted by Crippen LogP contribution is -1.94. The highest BCUT2D eigenvalue weighted by Crippen LogP contribution is 2.36. The first-order valence-corrected chi connectivity index (χ1v) is 5.10. The van der Waals surface area contributed by atoms with Gasteiger partial charge in [0, 0.05) is 23.1 Å². The molecule has 0 aliphatic heterocycles. The number of aromatic nitrogens is 1. The predicted octanol–water partition coefficient (Wildman–Crippen LogP) is 2.60. The van der Waals surface area contributed by atoms with Crippen molar-refractivity contribution in [2.75, 3.05) is 7.11 Å². The van der Waals surface area contributed by atoms with E-state index < -0.39 is 0 Å². The molecule has 0 aliphatic rings. The van der Waals surface area contributed by atoms with Crippen molar-refractivity contribution in [1.29, 1.82) is 0 Å². The molecule has 15 heavy (non-hydrogen) atoms. The van der Waals surface area contributed by atoms with Crippen molar-refractivity contribution in [2.45, 2.75) is 13.5 Å². The number of fused-ring (bicyclic) bond motifs is 1. The van der Waals surface area contributed by atoms with E-state index in [1.165, 1.54) is 0 Å². The smallest absolute Gasteiger partial charge is 0.147 e. The van der Waals surface area contributed by atoms with Gasteiger partial charge in [-0.25, -0.2) is 0 Å². The van der Waals surface area contributed by atoms with Crippen LogP contribution in [0, 0.1) is 6.92 Å². The fourth-order valence-corrected chi connectivity index (χ4v) is 1.95. The minimum atomic E-state index is 0.481. The Bertz CT molecular complexity index is 505. The summed E-state index contributed by atoms with van der Waals surface area (Å²) < 4.78 is 5.30. The Hall–Kier alpha value is -1.19. The normalized spacial score (nSPS) is 10.9. The molecule has 0 radical (unpaired) electrons. The summed E-state index contributed by atoms with van der Waals surface area (Å²) in [4.78, 5) is 3.22. The van der Waals surface area contributed by atoms with E-state index in [0.717, 1.165) is 22.2 Å². The maximum Gasteiger partial charge on any atom is 0.147 e. The third-order valence-corrected chi connectivity index (χ3v) is 2.95. The summed E-state index contributed by atoms with van der Waals surface area (Å²) in [6.45, 7) is 2.43. The number of H-pyrrole nitrogens is 1. The number of halogens is 1. The topological polar surface area (TPSA) is 51.0 Å². The highest BCUT2D eigenvalue weighted by atomic mass is 35.5. The van der Waals surface area contributed by atoms with E-state index in [0.29, 0.717) is 17.3 Å². The standard InChI is InChI=1S/C11H13ClN2O/c1-6-3-9-8(4-7(5-13)14-9)11(15-2)10(6)12/h3-4,14H,5,13H2,1-2H3. The van der Waals surface area contributed by atoms with Crippen LogP contribution in [0.2, 0.25) is 5.02 Å². The molecule has 3 N–H and O–H groups in total. The van der Waals surface area contributed by atoms with Crippen molar-refractivity contribution >= 4 is 22.5 Å².